The predicted molar refractivity (Wildman–Crippen MR) is 158 cm³/mol. The second-order valence-corrected chi connectivity index (χ2v) is 11.8. The van der Waals surface area contributed by atoms with Crippen molar-refractivity contribution in [2.75, 3.05) is 0 Å². The molecule has 1 aromatic heterocycles. The number of benzene rings is 3. The highest BCUT2D eigenvalue weighted by Crippen LogP contribution is 2.31. The van der Waals surface area contributed by atoms with Gasteiger partial charge in [0.25, 0.3) is 0 Å². The number of rotatable bonds is 9. The van der Waals surface area contributed by atoms with E-state index < -0.39 is 16.5 Å². The van der Waals surface area contributed by atoms with E-state index in [2.05, 4.69) is 0 Å². The Kier molecular flexibility index (Phi) is 12.3. The number of halogens is 6. The van der Waals surface area contributed by atoms with E-state index in [1.54, 1.807) is 53.2 Å². The molecule has 0 aliphatic heterocycles. The van der Waals surface area contributed by atoms with Crippen LogP contribution < -0.4 is 4.57 Å². The third-order valence-corrected chi connectivity index (χ3v) is 7.14. The van der Waals surface area contributed by atoms with Crippen LogP contribution in [0.25, 0.3) is 0 Å². The second kappa shape index (κ2) is 15.0. The van der Waals surface area contributed by atoms with Crippen LogP contribution >= 0.6 is 69.6 Å². The number of ketones is 1. The Bertz CT molecular complexity index is 1640. The van der Waals surface area contributed by atoms with Crippen molar-refractivity contribution in [2.45, 2.75) is 25.8 Å². The standard InChI is InChI=1S/C26H19Cl6N2O2.H2O4S/c27-17-2-1-16(22(30)9-17)14-36-26(21-6-4-19(29)11-24(21)32)13-34-8-7-33(15-34)12-25(35)20-5-3-18(28)10-23(20)31;1-5(2,3)4/h1-11,15,26H,12-14H2;(H2,1,2,3,4)/q+1;/p-1. The number of carbonyl (C=O) groups is 1. The molecule has 0 spiro atoms. The molecule has 4 rings (SSSR count). The Morgan fingerprint density at radius 1 is 0.902 bits per heavy atom. The molecular weight excluding hydrogens is 681 g/mol. The van der Waals surface area contributed by atoms with Crippen molar-refractivity contribution in [3.8, 4) is 0 Å². The summed E-state index contributed by atoms with van der Waals surface area (Å²) in [5.41, 5.74) is 1.98. The van der Waals surface area contributed by atoms with Crippen molar-refractivity contribution in [2.24, 2.45) is 0 Å². The molecule has 0 bridgehead atoms. The molecular formula is C26H20Cl6N2O6S. The zero-order valence-corrected chi connectivity index (χ0v) is 26.0. The maximum atomic E-state index is 12.8. The van der Waals surface area contributed by atoms with Gasteiger partial charge < -0.3 is 9.29 Å². The largest absolute Gasteiger partial charge is 0.726 e. The molecule has 4 aromatic rings. The van der Waals surface area contributed by atoms with Crippen molar-refractivity contribution < 1.29 is 31.6 Å². The van der Waals surface area contributed by atoms with Crippen LogP contribution in [0.5, 0.6) is 0 Å². The normalized spacial score (nSPS) is 12.0. The summed E-state index contributed by atoms with van der Waals surface area (Å²) >= 11 is 37.1. The highest BCUT2D eigenvalue weighted by atomic mass is 35.5. The molecule has 1 heterocycles. The minimum Gasteiger partial charge on any atom is -0.726 e. The Morgan fingerprint density at radius 2 is 1.46 bits per heavy atom. The lowest BCUT2D eigenvalue weighted by Crippen LogP contribution is -2.35. The van der Waals surface area contributed by atoms with Crippen LogP contribution in [0.1, 0.15) is 27.6 Å². The zero-order chi connectivity index (χ0) is 30.3. The number of aromatic nitrogens is 2. The van der Waals surface area contributed by atoms with Crippen molar-refractivity contribution in [1.82, 2.24) is 4.57 Å². The molecule has 8 nitrogen and oxygen atoms in total. The van der Waals surface area contributed by atoms with Crippen LogP contribution in [0.4, 0.5) is 0 Å². The average molecular weight is 701 g/mol. The molecule has 1 N–H and O–H groups in total. The van der Waals surface area contributed by atoms with Gasteiger partial charge in [-0.05, 0) is 48.0 Å². The first kappa shape index (κ1) is 33.6. The van der Waals surface area contributed by atoms with Gasteiger partial charge in [0.05, 0.1) is 11.6 Å². The maximum absolute atomic E-state index is 12.8. The lowest BCUT2D eigenvalue weighted by atomic mass is 10.1. The SMILES string of the molecule is O=C(Cn1cc[n+](CC(OCc2ccc(Cl)cc2Cl)c2ccc(Cl)cc2Cl)c1)c1ccc(Cl)cc1Cl.O=S(=O)([O-])O. The number of ether oxygens (including phenoxy) is 1. The summed E-state index contributed by atoms with van der Waals surface area (Å²) in [6.07, 6.45) is 5.05. The minimum atomic E-state index is -4.92. The van der Waals surface area contributed by atoms with Gasteiger partial charge in [0, 0.05) is 36.2 Å². The fourth-order valence-corrected chi connectivity index (χ4v) is 5.14. The van der Waals surface area contributed by atoms with Crippen LogP contribution in [0.3, 0.4) is 0 Å². The summed E-state index contributed by atoms with van der Waals surface area (Å²) in [5, 5.41) is 2.87. The van der Waals surface area contributed by atoms with Gasteiger partial charge in [-0.1, -0.05) is 81.7 Å². The highest BCUT2D eigenvalue weighted by molar-refractivity contribution is 7.79. The van der Waals surface area contributed by atoms with E-state index >= 15 is 0 Å². The molecule has 0 aliphatic carbocycles. The smallest absolute Gasteiger partial charge is 0.244 e. The number of carbonyl (C=O) groups excluding carboxylic acids is 1. The number of hydrogen-bond donors (Lipinski definition) is 1. The molecule has 0 aliphatic rings. The first-order valence-electron chi connectivity index (χ1n) is 11.4. The van der Waals surface area contributed by atoms with Gasteiger partial charge in [0.15, 0.2) is 6.54 Å². The summed E-state index contributed by atoms with van der Waals surface area (Å²) in [7, 11) is -4.92. The third kappa shape index (κ3) is 11.0. The van der Waals surface area contributed by atoms with E-state index in [9.17, 15) is 4.79 Å². The topological polar surface area (TPSA) is 113 Å². The van der Waals surface area contributed by atoms with Crippen LogP contribution in [-0.2, 0) is 34.8 Å². The van der Waals surface area contributed by atoms with Crippen LogP contribution in [0.2, 0.25) is 30.1 Å². The van der Waals surface area contributed by atoms with E-state index in [-0.39, 0.29) is 18.9 Å². The molecule has 0 radical (unpaired) electrons. The van der Waals surface area contributed by atoms with Crippen LogP contribution in [0, 0.1) is 0 Å². The van der Waals surface area contributed by atoms with Gasteiger partial charge in [-0.2, -0.15) is 0 Å². The summed E-state index contributed by atoms with van der Waals surface area (Å²) in [6.45, 7) is 0.784. The lowest BCUT2D eigenvalue weighted by molar-refractivity contribution is -0.704. The Labute approximate surface area is 266 Å². The first-order chi connectivity index (χ1) is 19.2. The lowest BCUT2D eigenvalue weighted by Gasteiger charge is -2.19. The van der Waals surface area contributed by atoms with Crippen molar-refractivity contribution >= 4 is 85.8 Å². The van der Waals surface area contributed by atoms with Gasteiger partial charge >= 0.3 is 0 Å². The second-order valence-electron chi connectivity index (χ2n) is 8.46. The van der Waals surface area contributed by atoms with Crippen molar-refractivity contribution in [3.05, 3.63) is 120 Å². The van der Waals surface area contributed by atoms with E-state index in [1.807, 2.05) is 29.2 Å². The molecule has 1 atom stereocenters. The Hall–Kier alpha value is -1.89. The van der Waals surface area contributed by atoms with E-state index in [1.165, 1.54) is 0 Å². The number of Topliss-reactive ketones (excluding diaryl/α,β-unsaturated/α-hetero) is 1. The Balaban J connectivity index is 0.000000850. The van der Waals surface area contributed by atoms with Gasteiger partial charge in [0.2, 0.25) is 22.5 Å². The fourth-order valence-electron chi connectivity index (χ4n) is 3.63. The summed E-state index contributed by atoms with van der Waals surface area (Å²) < 4.78 is 42.8. The number of nitrogens with zero attached hydrogens (tertiary/aromatic N) is 2. The van der Waals surface area contributed by atoms with Crippen LogP contribution in [0.15, 0.2) is 73.3 Å². The van der Waals surface area contributed by atoms with E-state index in [4.69, 9.17) is 91.9 Å². The fraction of sp³-hybridized carbons (Fsp3) is 0.154. The Morgan fingerprint density at radius 3 is 2.05 bits per heavy atom. The zero-order valence-electron chi connectivity index (χ0n) is 20.7. The molecule has 3 aromatic carbocycles. The third-order valence-electron chi connectivity index (χ3n) is 5.45. The quantitative estimate of drug-likeness (QED) is 0.0836. The van der Waals surface area contributed by atoms with Crippen molar-refractivity contribution in [1.29, 1.82) is 0 Å². The average Bonchev–Trinajstić information content (AvgIpc) is 3.28. The monoisotopic (exact) mass is 698 g/mol. The summed E-state index contributed by atoms with van der Waals surface area (Å²) in [6, 6.07) is 15.3. The molecule has 218 valence electrons. The summed E-state index contributed by atoms with van der Waals surface area (Å²) in [4.78, 5) is 12.8. The van der Waals surface area contributed by atoms with Gasteiger partial charge in [0.1, 0.15) is 25.0 Å². The van der Waals surface area contributed by atoms with E-state index in [0.717, 1.165) is 11.1 Å². The van der Waals surface area contributed by atoms with E-state index in [0.29, 0.717) is 42.2 Å². The molecule has 15 heteroatoms. The first-order valence-corrected chi connectivity index (χ1v) is 15.0. The van der Waals surface area contributed by atoms with Gasteiger partial charge in [-0.15, -0.1) is 0 Å². The van der Waals surface area contributed by atoms with Gasteiger partial charge in [-0.25, -0.2) is 17.6 Å². The number of hydrogen-bond acceptors (Lipinski definition) is 5. The molecule has 1 unspecified atom stereocenters. The van der Waals surface area contributed by atoms with Crippen LogP contribution in [-0.4, -0.2) is 27.9 Å². The molecule has 0 fully saturated rings. The highest BCUT2D eigenvalue weighted by Gasteiger charge is 2.21. The molecule has 0 amide bonds. The molecule has 0 saturated heterocycles. The minimum absolute atomic E-state index is 0.113. The number of imidazole rings is 1. The van der Waals surface area contributed by atoms with Gasteiger partial charge in [-0.3, -0.25) is 9.35 Å². The summed E-state index contributed by atoms with van der Waals surface area (Å²) in [5.74, 6) is -0.134. The maximum Gasteiger partial charge on any atom is 0.244 e. The molecule has 0 saturated carbocycles. The molecule has 41 heavy (non-hydrogen) atoms. The predicted octanol–water partition coefficient (Wildman–Crippen LogP) is 7.54. The van der Waals surface area contributed by atoms with Crippen molar-refractivity contribution in [3.63, 3.8) is 0 Å².